The lowest BCUT2D eigenvalue weighted by Crippen LogP contribution is -2.34. The molecule has 2 heterocycles. The van der Waals surface area contributed by atoms with E-state index in [1.165, 1.54) is 5.52 Å². The predicted molar refractivity (Wildman–Crippen MR) is 82.3 cm³/mol. The van der Waals surface area contributed by atoms with Crippen LogP contribution in [0.1, 0.15) is 12.2 Å². The fourth-order valence-corrected chi connectivity index (χ4v) is 3.23. The van der Waals surface area contributed by atoms with Crippen LogP contribution in [0.5, 0.6) is 0 Å². The van der Waals surface area contributed by atoms with E-state index in [9.17, 15) is 5.11 Å². The molecule has 1 aliphatic heterocycles. The minimum Gasteiger partial charge on any atom is -0.395 e. The molecule has 1 N–H and O–H groups in total. The van der Waals surface area contributed by atoms with Gasteiger partial charge in [-0.3, -0.25) is 4.90 Å². The van der Waals surface area contributed by atoms with E-state index in [0.717, 1.165) is 37.3 Å². The minimum atomic E-state index is 0.197. The highest BCUT2D eigenvalue weighted by Crippen LogP contribution is 2.21. The minimum absolute atomic E-state index is 0.197. The summed E-state index contributed by atoms with van der Waals surface area (Å²) in [6.45, 7) is 2.00. The number of aromatic nitrogens is 2. The third-order valence-electron chi connectivity index (χ3n) is 4.54. The molecule has 1 aromatic heterocycles. The molecule has 0 aliphatic carbocycles. The van der Waals surface area contributed by atoms with Crippen LogP contribution >= 0.6 is 0 Å². The summed E-state index contributed by atoms with van der Waals surface area (Å²) in [6.07, 6.45) is 2.04. The third-order valence-corrected chi connectivity index (χ3v) is 4.54. The molecule has 0 unspecified atom stereocenters. The average Bonchev–Trinajstić information content (AvgIpc) is 3.06. The summed E-state index contributed by atoms with van der Waals surface area (Å²) in [4.78, 5) is 7.02. The number of aliphatic hydroxyl groups excluding tert-OH is 1. The number of para-hydroxylation sites is 2. The van der Waals surface area contributed by atoms with Gasteiger partial charge in [-0.05, 0) is 18.6 Å². The number of hydrogen-bond donors (Lipinski definition) is 1. The lowest BCUT2D eigenvalue weighted by Gasteiger charge is -2.21. The molecule has 5 heteroatoms. The van der Waals surface area contributed by atoms with Gasteiger partial charge in [0.15, 0.2) is 0 Å². The highest BCUT2D eigenvalue weighted by molar-refractivity contribution is 5.75. The maximum Gasteiger partial charge on any atom is 0.110 e. The van der Waals surface area contributed by atoms with Gasteiger partial charge >= 0.3 is 0 Å². The number of likely N-dealkylation sites (tertiary alicyclic amines) is 1. The van der Waals surface area contributed by atoms with Crippen molar-refractivity contribution in [2.45, 2.75) is 25.0 Å². The Bertz CT molecular complexity index is 611. The first-order valence-corrected chi connectivity index (χ1v) is 7.51. The topological polar surface area (TPSA) is 50.5 Å². The summed E-state index contributed by atoms with van der Waals surface area (Å²) in [5, 5.41) is 9.50. The Kier molecular flexibility index (Phi) is 4.24. The molecule has 1 saturated heterocycles. The van der Waals surface area contributed by atoms with Crippen molar-refractivity contribution in [1.82, 2.24) is 14.5 Å². The Morgan fingerprint density at radius 3 is 2.90 bits per heavy atom. The molecule has 3 rings (SSSR count). The predicted octanol–water partition coefficient (Wildman–Crippen LogP) is 1.20. The zero-order valence-corrected chi connectivity index (χ0v) is 12.7. The van der Waals surface area contributed by atoms with Crippen LogP contribution in [0, 0.1) is 0 Å². The molecule has 0 amide bonds. The number of aryl methyl sites for hydroxylation is 1. The van der Waals surface area contributed by atoms with Gasteiger partial charge in [0.2, 0.25) is 0 Å². The largest absolute Gasteiger partial charge is 0.395 e. The van der Waals surface area contributed by atoms with Crippen LogP contribution in [0.2, 0.25) is 0 Å². The van der Waals surface area contributed by atoms with Gasteiger partial charge in [-0.1, -0.05) is 12.1 Å². The molecule has 1 fully saturated rings. The van der Waals surface area contributed by atoms with E-state index < -0.39 is 0 Å². The Morgan fingerprint density at radius 2 is 2.19 bits per heavy atom. The Labute approximate surface area is 125 Å². The van der Waals surface area contributed by atoms with E-state index in [0.29, 0.717) is 0 Å². The number of ether oxygens (including phenoxy) is 1. The Balaban J connectivity index is 1.70. The summed E-state index contributed by atoms with van der Waals surface area (Å²) in [6, 6.07) is 8.42. The van der Waals surface area contributed by atoms with E-state index in [1.54, 1.807) is 7.11 Å². The maximum atomic E-state index is 9.50. The fourth-order valence-electron chi connectivity index (χ4n) is 3.23. The van der Waals surface area contributed by atoms with Crippen LogP contribution in [0.3, 0.4) is 0 Å². The summed E-state index contributed by atoms with van der Waals surface area (Å²) in [7, 11) is 3.81. The van der Waals surface area contributed by atoms with Gasteiger partial charge in [0.1, 0.15) is 5.82 Å². The average molecular weight is 289 g/mol. The van der Waals surface area contributed by atoms with Crippen molar-refractivity contribution in [2.24, 2.45) is 7.05 Å². The van der Waals surface area contributed by atoms with Crippen LogP contribution in [0.25, 0.3) is 11.0 Å². The number of nitrogens with zero attached hydrogens (tertiary/aromatic N) is 3. The molecule has 0 saturated carbocycles. The van der Waals surface area contributed by atoms with E-state index in [2.05, 4.69) is 22.6 Å². The first kappa shape index (κ1) is 14.5. The van der Waals surface area contributed by atoms with Gasteiger partial charge in [-0.25, -0.2) is 4.98 Å². The molecule has 21 heavy (non-hydrogen) atoms. The van der Waals surface area contributed by atoms with Gasteiger partial charge in [0.25, 0.3) is 0 Å². The zero-order chi connectivity index (χ0) is 14.8. The molecule has 1 aliphatic rings. The van der Waals surface area contributed by atoms with E-state index in [-0.39, 0.29) is 18.8 Å². The van der Waals surface area contributed by atoms with Crippen molar-refractivity contribution in [2.75, 3.05) is 26.8 Å². The molecule has 5 nitrogen and oxygen atoms in total. The van der Waals surface area contributed by atoms with Gasteiger partial charge in [-0.2, -0.15) is 0 Å². The van der Waals surface area contributed by atoms with Crippen molar-refractivity contribution in [3.05, 3.63) is 30.1 Å². The second-order valence-corrected chi connectivity index (χ2v) is 5.75. The highest BCUT2D eigenvalue weighted by Gasteiger charge is 2.31. The van der Waals surface area contributed by atoms with Crippen molar-refractivity contribution in [3.8, 4) is 0 Å². The smallest absolute Gasteiger partial charge is 0.110 e. The van der Waals surface area contributed by atoms with Crippen LogP contribution in [-0.4, -0.2) is 58.5 Å². The van der Waals surface area contributed by atoms with Gasteiger partial charge < -0.3 is 14.4 Å². The monoisotopic (exact) mass is 289 g/mol. The fraction of sp³-hybridized carbons (Fsp3) is 0.562. The number of rotatable bonds is 5. The van der Waals surface area contributed by atoms with E-state index in [4.69, 9.17) is 9.72 Å². The normalized spacial score (nSPS) is 23.2. The molecule has 0 radical (unpaired) electrons. The SMILES string of the molecule is CO[C@H]1C[C@@H](CO)N(CCc2nc3ccccc3n2C)C1. The van der Waals surface area contributed by atoms with Gasteiger partial charge in [0, 0.05) is 39.7 Å². The van der Waals surface area contributed by atoms with Crippen molar-refractivity contribution < 1.29 is 9.84 Å². The van der Waals surface area contributed by atoms with Gasteiger partial charge in [-0.15, -0.1) is 0 Å². The summed E-state index contributed by atoms with van der Waals surface area (Å²) in [5.41, 5.74) is 2.22. The Hall–Kier alpha value is -1.43. The summed E-state index contributed by atoms with van der Waals surface area (Å²) < 4.78 is 7.58. The molecule has 1 aromatic carbocycles. The number of hydrogen-bond acceptors (Lipinski definition) is 4. The molecule has 2 atom stereocenters. The van der Waals surface area contributed by atoms with E-state index in [1.807, 2.05) is 18.2 Å². The number of methoxy groups -OCH3 is 1. The van der Waals surface area contributed by atoms with Crippen molar-refractivity contribution >= 4 is 11.0 Å². The van der Waals surface area contributed by atoms with E-state index >= 15 is 0 Å². The molecule has 114 valence electrons. The zero-order valence-electron chi connectivity index (χ0n) is 12.7. The standard InChI is InChI=1S/C16H23N3O2/c1-18-15-6-4-3-5-14(15)17-16(18)7-8-19-10-13(21-2)9-12(19)11-20/h3-6,12-13,20H,7-11H2,1-2H3/t12-,13-/m0/s1. The van der Waals surface area contributed by atoms with Crippen molar-refractivity contribution in [3.63, 3.8) is 0 Å². The molecule has 0 bridgehead atoms. The summed E-state index contributed by atoms with van der Waals surface area (Å²) in [5.74, 6) is 1.09. The summed E-state index contributed by atoms with van der Waals surface area (Å²) >= 11 is 0. The number of benzene rings is 1. The van der Waals surface area contributed by atoms with Gasteiger partial charge in [0.05, 0.1) is 23.7 Å². The van der Waals surface area contributed by atoms with Crippen LogP contribution < -0.4 is 0 Å². The van der Waals surface area contributed by atoms with Crippen LogP contribution in [0.15, 0.2) is 24.3 Å². The third kappa shape index (κ3) is 2.81. The second kappa shape index (κ2) is 6.13. The maximum absolute atomic E-state index is 9.50. The molecule has 2 aromatic rings. The Morgan fingerprint density at radius 1 is 1.38 bits per heavy atom. The lowest BCUT2D eigenvalue weighted by atomic mass is 10.2. The van der Waals surface area contributed by atoms with Crippen LogP contribution in [-0.2, 0) is 18.2 Å². The first-order valence-electron chi connectivity index (χ1n) is 7.51. The number of fused-ring (bicyclic) bond motifs is 1. The number of aliphatic hydroxyl groups is 1. The first-order chi connectivity index (χ1) is 10.2. The number of imidazole rings is 1. The highest BCUT2D eigenvalue weighted by atomic mass is 16.5. The molecule has 0 spiro atoms. The van der Waals surface area contributed by atoms with Crippen molar-refractivity contribution in [1.29, 1.82) is 0 Å². The second-order valence-electron chi connectivity index (χ2n) is 5.75. The molecular weight excluding hydrogens is 266 g/mol. The molecular formula is C16H23N3O2. The lowest BCUT2D eigenvalue weighted by molar-refractivity contribution is 0.108. The quantitative estimate of drug-likeness (QED) is 0.898. The van der Waals surface area contributed by atoms with Crippen LogP contribution in [0.4, 0.5) is 0 Å².